The fourth-order valence-corrected chi connectivity index (χ4v) is 3.76. The van der Waals surface area contributed by atoms with E-state index in [4.69, 9.17) is 17.3 Å². The number of nitrogens with zero attached hydrogens (tertiary/aromatic N) is 7. The number of hydrogen-bond donors (Lipinski definition) is 1. The number of carbonyl (C=O) groups excluding carboxylic acids is 1. The Bertz CT molecular complexity index is 1220. The zero-order chi connectivity index (χ0) is 20.7. The quantitative estimate of drug-likeness (QED) is 0.531. The number of anilines is 2. The molecule has 5 rings (SSSR count). The Morgan fingerprint density at radius 2 is 1.83 bits per heavy atom. The molecule has 30 heavy (non-hydrogen) atoms. The van der Waals surface area contributed by atoms with Crippen LogP contribution in [-0.2, 0) is 13.0 Å². The molecule has 0 atom stereocenters. The predicted molar refractivity (Wildman–Crippen MR) is 111 cm³/mol. The van der Waals surface area contributed by atoms with E-state index in [9.17, 15) is 4.79 Å². The van der Waals surface area contributed by atoms with Crippen LogP contribution in [0.1, 0.15) is 21.7 Å². The molecule has 10 heteroatoms. The minimum atomic E-state index is -0.464. The van der Waals surface area contributed by atoms with Gasteiger partial charge in [-0.2, -0.15) is 15.0 Å². The highest BCUT2D eigenvalue weighted by molar-refractivity contribution is 6.30. The zero-order valence-electron chi connectivity index (χ0n) is 15.8. The number of primary amides is 1. The molecule has 9 nitrogen and oxygen atoms in total. The molecule has 0 radical (unpaired) electrons. The number of halogens is 1. The molecule has 1 aliphatic rings. The Morgan fingerprint density at radius 3 is 2.57 bits per heavy atom. The van der Waals surface area contributed by atoms with Crippen molar-refractivity contribution in [2.75, 3.05) is 11.4 Å². The van der Waals surface area contributed by atoms with Crippen LogP contribution in [0.5, 0.6) is 0 Å². The molecule has 0 bridgehead atoms. The predicted octanol–water partition coefficient (Wildman–Crippen LogP) is 2.35. The fourth-order valence-electron chi connectivity index (χ4n) is 3.63. The van der Waals surface area contributed by atoms with Crippen LogP contribution in [0.2, 0.25) is 5.02 Å². The third kappa shape index (κ3) is 3.18. The fraction of sp³-hybridized carbons (Fsp3) is 0.150. The first-order valence-corrected chi connectivity index (χ1v) is 9.72. The van der Waals surface area contributed by atoms with Gasteiger partial charge < -0.3 is 10.6 Å². The lowest BCUT2D eigenvalue weighted by atomic mass is 10.1. The zero-order valence-corrected chi connectivity index (χ0v) is 16.6. The Labute approximate surface area is 176 Å². The van der Waals surface area contributed by atoms with Gasteiger partial charge in [-0.25, -0.2) is 0 Å². The van der Waals surface area contributed by atoms with Gasteiger partial charge in [0.15, 0.2) is 5.82 Å². The molecule has 1 amide bonds. The summed E-state index contributed by atoms with van der Waals surface area (Å²) in [6, 6.07) is 13.0. The number of aromatic nitrogens is 6. The lowest BCUT2D eigenvalue weighted by Crippen LogP contribution is -2.20. The van der Waals surface area contributed by atoms with Crippen LogP contribution in [0.3, 0.4) is 0 Å². The van der Waals surface area contributed by atoms with E-state index in [0.29, 0.717) is 35.4 Å². The summed E-state index contributed by atoms with van der Waals surface area (Å²) in [6.07, 6.45) is 4.07. The third-order valence-corrected chi connectivity index (χ3v) is 5.31. The summed E-state index contributed by atoms with van der Waals surface area (Å²) in [5, 5.41) is 17.9. The van der Waals surface area contributed by atoms with Crippen LogP contribution in [0.15, 0.2) is 54.9 Å². The van der Waals surface area contributed by atoms with Crippen LogP contribution >= 0.6 is 11.6 Å². The molecule has 0 saturated carbocycles. The Morgan fingerprint density at radius 1 is 1.07 bits per heavy atom. The molecule has 0 fully saturated rings. The molecular weight excluding hydrogens is 404 g/mol. The van der Waals surface area contributed by atoms with Crippen molar-refractivity contribution in [3.05, 3.63) is 76.8 Å². The number of benzene rings is 2. The van der Waals surface area contributed by atoms with E-state index in [1.165, 1.54) is 0 Å². The molecule has 0 unspecified atom stereocenters. The van der Waals surface area contributed by atoms with Crippen LogP contribution in [0.25, 0.3) is 5.69 Å². The summed E-state index contributed by atoms with van der Waals surface area (Å²) in [7, 11) is 0. The topological polar surface area (TPSA) is 108 Å². The highest BCUT2D eigenvalue weighted by atomic mass is 35.5. The smallest absolute Gasteiger partial charge is 0.248 e. The second-order valence-corrected chi connectivity index (χ2v) is 7.33. The molecule has 3 heterocycles. The maximum Gasteiger partial charge on any atom is 0.248 e. The third-order valence-electron chi connectivity index (χ3n) is 5.05. The van der Waals surface area contributed by atoms with Crippen LogP contribution < -0.4 is 10.6 Å². The largest absolute Gasteiger partial charge is 0.366 e. The van der Waals surface area contributed by atoms with Gasteiger partial charge in [-0.3, -0.25) is 9.36 Å². The number of carbonyl (C=O) groups is 1. The second kappa shape index (κ2) is 7.27. The minimum Gasteiger partial charge on any atom is -0.366 e. The Hall–Kier alpha value is -3.72. The molecule has 1 aliphatic heterocycles. The second-order valence-electron chi connectivity index (χ2n) is 6.90. The van der Waals surface area contributed by atoms with Gasteiger partial charge in [0.05, 0.1) is 18.1 Å². The number of fused-ring (bicyclic) bond motifs is 1. The average molecular weight is 421 g/mol. The first kappa shape index (κ1) is 18.3. The van der Waals surface area contributed by atoms with E-state index in [1.54, 1.807) is 29.3 Å². The van der Waals surface area contributed by atoms with E-state index in [-0.39, 0.29) is 0 Å². The standard InChI is InChI=1S/C20H17ClN8O/c21-15-3-5-16(6-4-15)29-18(12-28-23-8-9-24-28)25-26-20(29)27-10-7-13-1-2-14(19(22)30)11-17(13)27/h1-6,8-9,11H,7,10,12H2,(H2,22,30). The Balaban J connectivity index is 1.63. The number of amides is 1. The van der Waals surface area contributed by atoms with E-state index in [0.717, 1.165) is 23.4 Å². The minimum absolute atomic E-state index is 0.352. The molecule has 4 aromatic rings. The summed E-state index contributed by atoms with van der Waals surface area (Å²) in [4.78, 5) is 15.3. The first-order chi connectivity index (χ1) is 14.6. The van der Waals surface area contributed by atoms with Gasteiger partial charge in [0, 0.05) is 22.8 Å². The highest BCUT2D eigenvalue weighted by Gasteiger charge is 2.27. The number of hydrogen-bond acceptors (Lipinski definition) is 6. The van der Waals surface area contributed by atoms with E-state index >= 15 is 0 Å². The van der Waals surface area contributed by atoms with Crippen LogP contribution in [-0.4, -0.2) is 42.2 Å². The van der Waals surface area contributed by atoms with Gasteiger partial charge >= 0.3 is 0 Å². The van der Waals surface area contributed by atoms with Gasteiger partial charge in [0.2, 0.25) is 11.9 Å². The maximum atomic E-state index is 11.7. The maximum absolute atomic E-state index is 11.7. The number of nitrogens with two attached hydrogens (primary N) is 1. The normalized spacial score (nSPS) is 12.9. The number of rotatable bonds is 5. The van der Waals surface area contributed by atoms with Crippen molar-refractivity contribution in [2.24, 2.45) is 5.73 Å². The summed E-state index contributed by atoms with van der Waals surface area (Å²) < 4.78 is 1.95. The summed E-state index contributed by atoms with van der Waals surface area (Å²) in [6.45, 7) is 1.06. The molecule has 0 saturated heterocycles. The van der Waals surface area contributed by atoms with Crippen LogP contribution in [0, 0.1) is 0 Å². The van der Waals surface area contributed by atoms with Crippen molar-refractivity contribution in [3.8, 4) is 5.69 Å². The van der Waals surface area contributed by atoms with Crippen molar-refractivity contribution in [1.29, 1.82) is 0 Å². The van der Waals surface area contributed by atoms with Crippen molar-refractivity contribution in [2.45, 2.75) is 13.0 Å². The molecule has 0 aliphatic carbocycles. The van der Waals surface area contributed by atoms with Gasteiger partial charge in [-0.1, -0.05) is 17.7 Å². The van der Waals surface area contributed by atoms with Crippen molar-refractivity contribution < 1.29 is 4.79 Å². The van der Waals surface area contributed by atoms with Crippen LogP contribution in [0.4, 0.5) is 11.6 Å². The molecule has 2 aromatic heterocycles. The van der Waals surface area contributed by atoms with Crippen molar-refractivity contribution in [3.63, 3.8) is 0 Å². The van der Waals surface area contributed by atoms with Gasteiger partial charge in [0.1, 0.15) is 6.54 Å². The van der Waals surface area contributed by atoms with Crippen molar-refractivity contribution in [1.82, 2.24) is 29.8 Å². The monoisotopic (exact) mass is 420 g/mol. The van der Waals surface area contributed by atoms with E-state index in [1.807, 2.05) is 39.8 Å². The molecule has 0 spiro atoms. The molecule has 2 N–H and O–H groups in total. The average Bonchev–Trinajstić information content (AvgIpc) is 3.48. The first-order valence-electron chi connectivity index (χ1n) is 9.35. The summed E-state index contributed by atoms with van der Waals surface area (Å²) in [5.41, 5.74) is 8.83. The van der Waals surface area contributed by atoms with Gasteiger partial charge in [0.25, 0.3) is 0 Å². The lowest BCUT2D eigenvalue weighted by molar-refractivity contribution is 0.100. The van der Waals surface area contributed by atoms with Gasteiger partial charge in [-0.15, -0.1) is 10.2 Å². The lowest BCUT2D eigenvalue weighted by Gasteiger charge is -2.20. The molecular formula is C20H17ClN8O. The summed E-state index contributed by atoms with van der Waals surface area (Å²) >= 11 is 6.09. The highest BCUT2D eigenvalue weighted by Crippen LogP contribution is 2.36. The molecule has 150 valence electrons. The molecule has 2 aromatic carbocycles. The van der Waals surface area contributed by atoms with Crippen molar-refractivity contribution >= 4 is 29.1 Å². The Kier molecular flexibility index (Phi) is 4.44. The SMILES string of the molecule is NC(=O)c1ccc2c(c1)N(c1nnc(Cn3nccn3)n1-c1ccc(Cl)cc1)CC2. The summed E-state index contributed by atoms with van der Waals surface area (Å²) in [5.74, 6) is 0.845. The van der Waals surface area contributed by atoms with Gasteiger partial charge in [-0.05, 0) is 48.4 Å². The van der Waals surface area contributed by atoms with E-state index < -0.39 is 5.91 Å². The van der Waals surface area contributed by atoms with E-state index in [2.05, 4.69) is 20.4 Å².